The maximum Gasteiger partial charge on any atom is 0.272 e. The van der Waals surface area contributed by atoms with Crippen LogP contribution in [0.4, 0.5) is 11.4 Å². The summed E-state index contributed by atoms with van der Waals surface area (Å²) < 4.78 is 62.1. The summed E-state index contributed by atoms with van der Waals surface area (Å²) in [6, 6.07) is 19.5. The van der Waals surface area contributed by atoms with Crippen LogP contribution in [0.5, 0.6) is 0 Å². The lowest BCUT2D eigenvalue weighted by Gasteiger charge is -2.33. The van der Waals surface area contributed by atoms with E-state index in [4.69, 9.17) is 0 Å². The van der Waals surface area contributed by atoms with Crippen molar-refractivity contribution in [3.8, 4) is 0 Å². The monoisotopic (exact) mass is 808 g/mol. The Labute approximate surface area is 328 Å². The van der Waals surface area contributed by atoms with Crippen molar-refractivity contribution in [3.63, 3.8) is 0 Å². The Morgan fingerprint density at radius 3 is 1.31 bits per heavy atom. The van der Waals surface area contributed by atoms with Gasteiger partial charge in [-0.1, -0.05) is 78.4 Å². The molecule has 3 aromatic carbocycles. The highest BCUT2D eigenvalue weighted by Crippen LogP contribution is 2.35. The van der Waals surface area contributed by atoms with Crippen molar-refractivity contribution in [1.29, 1.82) is 0 Å². The van der Waals surface area contributed by atoms with Gasteiger partial charge in [0, 0.05) is 23.5 Å². The van der Waals surface area contributed by atoms with Crippen molar-refractivity contribution in [3.05, 3.63) is 71.8 Å². The third kappa shape index (κ3) is 8.48. The van der Waals surface area contributed by atoms with Gasteiger partial charge in [0.1, 0.15) is 0 Å². The number of rotatable bonds is 14. The molecule has 5 aromatic rings. The van der Waals surface area contributed by atoms with Crippen LogP contribution in [0.2, 0.25) is 0 Å². The highest BCUT2D eigenvalue weighted by Gasteiger charge is 2.36. The quantitative estimate of drug-likeness (QED) is 0.106. The van der Waals surface area contributed by atoms with Gasteiger partial charge < -0.3 is 10.6 Å². The molecule has 2 N–H and O–H groups in total. The molecule has 0 amide bonds. The van der Waals surface area contributed by atoms with Crippen molar-refractivity contribution in [2.75, 3.05) is 24.0 Å². The van der Waals surface area contributed by atoms with E-state index in [2.05, 4.69) is 60.4 Å². The van der Waals surface area contributed by atoms with Crippen LogP contribution in [0.1, 0.15) is 115 Å². The summed E-state index contributed by atoms with van der Waals surface area (Å²) in [6.45, 7) is 8.73. The molecule has 290 valence electrons. The molecule has 2 aromatic heterocycles. The van der Waals surface area contributed by atoms with E-state index in [0.717, 1.165) is 107 Å². The van der Waals surface area contributed by atoms with Crippen LogP contribution in [0.25, 0.3) is 20.4 Å². The Kier molecular flexibility index (Phi) is 12.0. The predicted octanol–water partition coefficient (Wildman–Crippen LogP) is 9.94. The number of aromatic nitrogens is 2. The maximum atomic E-state index is 14.2. The first-order valence-corrected chi connectivity index (χ1v) is 23.8. The summed E-state index contributed by atoms with van der Waals surface area (Å²) in [4.78, 5) is 9.28. The molecule has 2 saturated carbocycles. The van der Waals surface area contributed by atoms with E-state index in [9.17, 15) is 16.8 Å². The van der Waals surface area contributed by atoms with Gasteiger partial charge in [0.05, 0.1) is 33.8 Å². The van der Waals surface area contributed by atoms with E-state index in [1.54, 1.807) is 8.61 Å². The number of nitrogens with one attached hydrogen (secondary N) is 2. The summed E-state index contributed by atoms with van der Waals surface area (Å²) in [6.07, 6.45) is 9.52. The fraction of sp³-hybridized carbons (Fsp3) is 0.500. The van der Waals surface area contributed by atoms with Crippen molar-refractivity contribution in [1.82, 2.24) is 18.6 Å². The van der Waals surface area contributed by atoms with Crippen molar-refractivity contribution in [2.45, 2.75) is 125 Å². The van der Waals surface area contributed by atoms with E-state index < -0.39 is 20.0 Å². The number of hydrogen-bond donors (Lipinski definition) is 2. The zero-order chi connectivity index (χ0) is 38.0. The van der Waals surface area contributed by atoms with Gasteiger partial charge in [-0.05, 0) is 97.2 Å². The second-order valence-electron chi connectivity index (χ2n) is 15.3. The van der Waals surface area contributed by atoms with E-state index in [1.807, 2.05) is 48.5 Å². The Morgan fingerprint density at radius 2 is 0.963 bits per heavy atom. The lowest BCUT2D eigenvalue weighted by Crippen LogP contribution is -2.44. The zero-order valence-electron chi connectivity index (χ0n) is 31.6. The average Bonchev–Trinajstić information content (AvgIpc) is 3.81. The van der Waals surface area contributed by atoms with Gasteiger partial charge in [-0.25, -0.2) is 26.8 Å². The van der Waals surface area contributed by atoms with Gasteiger partial charge in [0.25, 0.3) is 20.0 Å². The number of hydrogen-bond acceptors (Lipinski definition) is 10. The fourth-order valence-corrected chi connectivity index (χ4v) is 13.4. The van der Waals surface area contributed by atoms with Crippen LogP contribution in [0.3, 0.4) is 0 Å². The molecule has 2 fully saturated rings. The molecule has 2 aliphatic rings. The third-order valence-corrected chi connectivity index (χ3v) is 17.5. The first-order valence-electron chi connectivity index (χ1n) is 19.3. The minimum absolute atomic E-state index is 0.101. The molecule has 2 aliphatic carbocycles. The Balaban J connectivity index is 1.06. The molecule has 54 heavy (non-hydrogen) atoms. The molecule has 7 rings (SSSR count). The minimum Gasteiger partial charge on any atom is -0.371 e. The normalized spacial score (nSPS) is 16.7. The van der Waals surface area contributed by atoms with Crippen LogP contribution in [0, 0.1) is 0 Å². The number of fused-ring (bicyclic) bond motifs is 2. The number of thiazole rings is 2. The van der Waals surface area contributed by atoms with Gasteiger partial charge in [-0.15, -0.1) is 22.7 Å². The smallest absolute Gasteiger partial charge is 0.272 e. The van der Waals surface area contributed by atoms with Gasteiger partial charge in [-0.3, -0.25) is 0 Å². The molecule has 0 saturated heterocycles. The molecule has 0 atom stereocenters. The molecule has 0 spiro atoms. The van der Waals surface area contributed by atoms with Gasteiger partial charge in [-0.2, -0.15) is 8.61 Å². The summed E-state index contributed by atoms with van der Waals surface area (Å²) in [5.74, 6) is 0.653. The second kappa shape index (κ2) is 16.5. The lowest BCUT2D eigenvalue weighted by molar-refractivity contribution is 0.263. The third-order valence-electron chi connectivity index (χ3n) is 10.9. The predicted molar refractivity (Wildman–Crippen MR) is 223 cm³/mol. The molecule has 2 heterocycles. The van der Waals surface area contributed by atoms with Gasteiger partial charge in [0.2, 0.25) is 8.68 Å². The van der Waals surface area contributed by atoms with Crippen molar-refractivity contribution >= 4 is 74.5 Å². The van der Waals surface area contributed by atoms with Crippen LogP contribution < -0.4 is 10.6 Å². The largest absolute Gasteiger partial charge is 0.371 e. The molecular formula is C40H52N6O4S4. The fourth-order valence-electron chi connectivity index (χ4n) is 7.59. The Bertz CT molecular complexity index is 2110. The lowest BCUT2D eigenvalue weighted by atomic mass is 9.96. The topological polar surface area (TPSA) is 125 Å². The number of benzene rings is 3. The number of anilines is 2. The van der Waals surface area contributed by atoms with Crippen LogP contribution in [-0.2, 0) is 20.0 Å². The molecule has 14 heteroatoms. The summed E-state index contributed by atoms with van der Waals surface area (Å²) in [5, 5.41) is 6.74. The average molecular weight is 809 g/mol. The molecule has 0 unspecified atom stereocenters. The van der Waals surface area contributed by atoms with Crippen LogP contribution in [0.15, 0.2) is 69.3 Å². The summed E-state index contributed by atoms with van der Waals surface area (Å²) in [7, 11) is -7.71. The minimum atomic E-state index is -3.86. The number of nitrogens with zero attached hydrogens (tertiary/aromatic N) is 4. The van der Waals surface area contributed by atoms with E-state index >= 15 is 0 Å². The Morgan fingerprint density at radius 1 is 0.593 bits per heavy atom. The van der Waals surface area contributed by atoms with E-state index in [1.165, 1.54) is 22.7 Å². The molecule has 10 nitrogen and oxygen atoms in total. The van der Waals surface area contributed by atoms with Crippen molar-refractivity contribution in [2.24, 2.45) is 0 Å². The molecule has 0 bridgehead atoms. The first kappa shape index (κ1) is 39.1. The first-order chi connectivity index (χ1) is 25.9. The van der Waals surface area contributed by atoms with Gasteiger partial charge >= 0.3 is 0 Å². The van der Waals surface area contributed by atoms with E-state index in [-0.39, 0.29) is 34.1 Å². The molecular weight excluding hydrogens is 757 g/mol. The second-order valence-corrected chi connectivity index (χ2v) is 21.5. The standard InChI is InChI=1S/C40H52N6O4S4/c1-27(2)29-15-21-37-35(23-29)43-39(51-37)53(47,48)45(33-11-7-5-8-12-33)25-41-31-17-19-32(20-18-31)42-26-46(34-13-9-6-10-14-34)54(49,50)40-44-36-24-30(28(3)4)16-22-38(36)52-40/h15-24,27-28,33-34,41-42H,5-14,25-26H2,1-4H3. The molecule has 0 aliphatic heterocycles. The summed E-state index contributed by atoms with van der Waals surface area (Å²) in [5.41, 5.74) is 5.26. The highest BCUT2D eigenvalue weighted by atomic mass is 32.3. The summed E-state index contributed by atoms with van der Waals surface area (Å²) >= 11 is 2.47. The molecule has 0 radical (unpaired) electrons. The highest BCUT2D eigenvalue weighted by molar-refractivity contribution is 7.91. The van der Waals surface area contributed by atoms with Crippen LogP contribution >= 0.6 is 22.7 Å². The van der Waals surface area contributed by atoms with Crippen molar-refractivity contribution < 1.29 is 16.8 Å². The van der Waals surface area contributed by atoms with Crippen LogP contribution in [-0.4, -0.2) is 60.8 Å². The van der Waals surface area contributed by atoms with E-state index in [0.29, 0.717) is 11.8 Å². The maximum absolute atomic E-state index is 14.2. The SMILES string of the molecule is CC(C)c1ccc2sc(S(=O)(=O)N(CNc3ccc(NCN(C4CCCCC4)S(=O)(=O)c4nc5cc(C(C)C)ccc5s4)cc3)C3CCCCC3)nc2c1. The zero-order valence-corrected chi connectivity index (χ0v) is 34.9. The van der Waals surface area contributed by atoms with Gasteiger partial charge in [0.15, 0.2) is 0 Å². The Hall–Kier alpha value is -3.14. The number of sulfonamides is 2.